The first-order valence-corrected chi connectivity index (χ1v) is 14.9. The largest absolute Gasteiger partial charge is 0.455 e. The number of nitrogens with zero attached hydrogens (tertiary/aromatic N) is 4. The van der Waals surface area contributed by atoms with Crippen LogP contribution in [0.15, 0.2) is 150 Å². The number of pyridine rings is 1. The van der Waals surface area contributed by atoms with E-state index in [2.05, 4.69) is 48.5 Å². The molecule has 0 aliphatic rings. The summed E-state index contributed by atoms with van der Waals surface area (Å²) in [5.41, 5.74) is 7.28. The lowest BCUT2D eigenvalue weighted by Crippen LogP contribution is -2.00. The van der Waals surface area contributed by atoms with Crippen LogP contribution in [0, 0.1) is 0 Å². The molecule has 0 fully saturated rings. The quantitative estimate of drug-likeness (QED) is 0.195. The van der Waals surface area contributed by atoms with Crippen molar-refractivity contribution in [1.82, 2.24) is 19.9 Å². The highest BCUT2D eigenvalue weighted by Gasteiger charge is 2.21. The molecule has 45 heavy (non-hydrogen) atoms. The van der Waals surface area contributed by atoms with Gasteiger partial charge in [0.15, 0.2) is 17.5 Å². The third kappa shape index (κ3) is 4.17. The highest BCUT2D eigenvalue weighted by Crippen LogP contribution is 2.43. The fraction of sp³-hybridized carbons (Fsp3) is 0. The van der Waals surface area contributed by atoms with E-state index in [1.54, 1.807) is 0 Å². The zero-order valence-electron chi connectivity index (χ0n) is 24.1. The molecule has 0 N–H and O–H groups in total. The fourth-order valence-corrected chi connectivity index (χ4v) is 6.25. The molecule has 3 aromatic heterocycles. The molecule has 0 aliphatic carbocycles. The van der Waals surface area contributed by atoms with Crippen LogP contribution in [0.3, 0.4) is 0 Å². The average molecular weight is 577 g/mol. The molecule has 5 heteroatoms. The first-order chi connectivity index (χ1) is 22.3. The van der Waals surface area contributed by atoms with Crippen molar-refractivity contribution in [3.8, 4) is 45.4 Å². The second-order valence-corrected chi connectivity index (χ2v) is 11.0. The maximum atomic E-state index is 6.76. The van der Waals surface area contributed by atoms with Gasteiger partial charge in [0.2, 0.25) is 0 Å². The van der Waals surface area contributed by atoms with Crippen molar-refractivity contribution in [2.45, 2.75) is 0 Å². The smallest absolute Gasteiger partial charge is 0.164 e. The molecule has 0 saturated carbocycles. The summed E-state index contributed by atoms with van der Waals surface area (Å²) in [5.74, 6) is 1.85. The topological polar surface area (TPSA) is 64.7 Å². The number of hydrogen-bond donors (Lipinski definition) is 0. The minimum absolute atomic E-state index is 0.598. The number of furan rings is 1. The Labute approximate surface area is 258 Å². The predicted molar refractivity (Wildman–Crippen MR) is 182 cm³/mol. The van der Waals surface area contributed by atoms with Crippen LogP contribution in [0.4, 0.5) is 0 Å². The Morgan fingerprint density at radius 2 is 0.956 bits per heavy atom. The lowest BCUT2D eigenvalue weighted by atomic mass is 9.97. The number of aromatic nitrogens is 4. The molecule has 3 heterocycles. The van der Waals surface area contributed by atoms with E-state index in [1.807, 2.05) is 97.1 Å². The molecule has 0 aliphatic heterocycles. The van der Waals surface area contributed by atoms with E-state index in [-0.39, 0.29) is 0 Å². The monoisotopic (exact) mass is 576 g/mol. The van der Waals surface area contributed by atoms with Gasteiger partial charge in [0, 0.05) is 49.2 Å². The van der Waals surface area contributed by atoms with Gasteiger partial charge in [-0.15, -0.1) is 0 Å². The third-order valence-electron chi connectivity index (χ3n) is 8.31. The minimum atomic E-state index is 0.598. The van der Waals surface area contributed by atoms with Gasteiger partial charge in [-0.1, -0.05) is 127 Å². The van der Waals surface area contributed by atoms with Crippen LogP contribution in [-0.2, 0) is 0 Å². The summed E-state index contributed by atoms with van der Waals surface area (Å²) >= 11 is 0. The van der Waals surface area contributed by atoms with Crippen LogP contribution < -0.4 is 0 Å². The van der Waals surface area contributed by atoms with Gasteiger partial charge in [-0.25, -0.2) is 19.9 Å². The molecule has 6 aromatic carbocycles. The zero-order valence-corrected chi connectivity index (χ0v) is 24.1. The second-order valence-electron chi connectivity index (χ2n) is 11.0. The molecular weight excluding hydrogens is 552 g/mol. The zero-order chi connectivity index (χ0) is 29.7. The predicted octanol–water partition coefficient (Wildman–Crippen LogP) is 10.1. The molecule has 0 spiro atoms. The van der Waals surface area contributed by atoms with Crippen molar-refractivity contribution in [3.05, 3.63) is 146 Å². The molecule has 9 aromatic rings. The first-order valence-electron chi connectivity index (χ1n) is 14.9. The van der Waals surface area contributed by atoms with Gasteiger partial charge in [-0.2, -0.15) is 0 Å². The fourth-order valence-electron chi connectivity index (χ4n) is 6.25. The molecule has 5 nitrogen and oxygen atoms in total. The van der Waals surface area contributed by atoms with Crippen LogP contribution in [0.2, 0.25) is 0 Å². The van der Waals surface area contributed by atoms with E-state index in [0.717, 1.165) is 71.6 Å². The van der Waals surface area contributed by atoms with Gasteiger partial charge >= 0.3 is 0 Å². The molecule has 0 bridgehead atoms. The second kappa shape index (κ2) is 10.2. The van der Waals surface area contributed by atoms with Crippen molar-refractivity contribution in [3.63, 3.8) is 0 Å². The molecule has 9 rings (SSSR count). The Hall–Kier alpha value is -6.20. The van der Waals surface area contributed by atoms with Crippen molar-refractivity contribution in [1.29, 1.82) is 0 Å². The van der Waals surface area contributed by atoms with Crippen LogP contribution in [0.1, 0.15) is 0 Å². The molecule has 0 radical (unpaired) electrons. The maximum Gasteiger partial charge on any atom is 0.164 e. The number of fused-ring (bicyclic) bond motifs is 7. The van der Waals surface area contributed by atoms with Gasteiger partial charge in [0.25, 0.3) is 0 Å². The van der Waals surface area contributed by atoms with Gasteiger partial charge in [-0.05, 0) is 18.2 Å². The van der Waals surface area contributed by atoms with Gasteiger partial charge in [0.05, 0.1) is 11.2 Å². The molecule has 0 unspecified atom stereocenters. The third-order valence-corrected chi connectivity index (χ3v) is 8.31. The number of benzene rings is 6. The van der Waals surface area contributed by atoms with E-state index in [9.17, 15) is 0 Å². The summed E-state index contributed by atoms with van der Waals surface area (Å²) in [5, 5.41) is 5.12. The summed E-state index contributed by atoms with van der Waals surface area (Å²) in [6.45, 7) is 0. The van der Waals surface area contributed by atoms with E-state index in [1.165, 1.54) is 0 Å². The van der Waals surface area contributed by atoms with Crippen molar-refractivity contribution in [2.24, 2.45) is 0 Å². The number of rotatable bonds is 4. The standard InChI is InChI=1S/C40H24N4O/c1-4-13-25(14-5-1)36-29-23-24-30-34-31(20-12-22-33(34)45-37(30)35(29)28-19-10-11-21-32(28)41-36)40-43-38(26-15-6-2-7-16-26)42-39(44-40)27-17-8-3-9-18-27/h1-24H. The van der Waals surface area contributed by atoms with Crippen molar-refractivity contribution >= 4 is 43.6 Å². The Bertz CT molecular complexity index is 2470. The molecule has 0 atom stereocenters. The van der Waals surface area contributed by atoms with Gasteiger partial charge in [0.1, 0.15) is 11.2 Å². The summed E-state index contributed by atoms with van der Waals surface area (Å²) in [6, 6.07) is 49.1. The number of para-hydroxylation sites is 1. The highest BCUT2D eigenvalue weighted by molar-refractivity contribution is 6.26. The van der Waals surface area contributed by atoms with Crippen molar-refractivity contribution < 1.29 is 4.42 Å². The Morgan fingerprint density at radius 1 is 0.378 bits per heavy atom. The first kappa shape index (κ1) is 25.3. The summed E-state index contributed by atoms with van der Waals surface area (Å²) in [6.07, 6.45) is 0. The van der Waals surface area contributed by atoms with Crippen LogP contribution in [0.25, 0.3) is 89.0 Å². The van der Waals surface area contributed by atoms with E-state index in [0.29, 0.717) is 17.5 Å². The molecular formula is C40H24N4O. The van der Waals surface area contributed by atoms with Gasteiger partial charge < -0.3 is 4.42 Å². The average Bonchev–Trinajstić information content (AvgIpc) is 3.51. The summed E-state index contributed by atoms with van der Waals surface area (Å²) in [7, 11) is 0. The SMILES string of the molecule is c1ccc(-c2nc(-c3ccccc3)nc(-c3cccc4oc5c(ccc6c(-c7ccccc7)nc7ccccc7c65)c34)n2)cc1. The Kier molecular flexibility index (Phi) is 5.74. The summed E-state index contributed by atoms with van der Waals surface area (Å²) in [4.78, 5) is 20.1. The highest BCUT2D eigenvalue weighted by atomic mass is 16.3. The van der Waals surface area contributed by atoms with E-state index in [4.69, 9.17) is 24.4 Å². The Balaban J connectivity index is 1.35. The van der Waals surface area contributed by atoms with Crippen LogP contribution in [0.5, 0.6) is 0 Å². The summed E-state index contributed by atoms with van der Waals surface area (Å²) < 4.78 is 6.76. The van der Waals surface area contributed by atoms with Crippen molar-refractivity contribution in [2.75, 3.05) is 0 Å². The molecule has 0 amide bonds. The molecule has 210 valence electrons. The number of hydrogen-bond acceptors (Lipinski definition) is 5. The normalized spacial score (nSPS) is 11.6. The lowest BCUT2D eigenvalue weighted by molar-refractivity contribution is 0.673. The lowest BCUT2D eigenvalue weighted by Gasteiger charge is -2.11. The van der Waals surface area contributed by atoms with Crippen LogP contribution >= 0.6 is 0 Å². The minimum Gasteiger partial charge on any atom is -0.455 e. The molecule has 0 saturated heterocycles. The maximum absolute atomic E-state index is 6.76. The van der Waals surface area contributed by atoms with Gasteiger partial charge in [-0.3, -0.25) is 0 Å². The van der Waals surface area contributed by atoms with E-state index < -0.39 is 0 Å². The van der Waals surface area contributed by atoms with Crippen LogP contribution in [-0.4, -0.2) is 19.9 Å². The van der Waals surface area contributed by atoms with E-state index >= 15 is 0 Å². The Morgan fingerprint density at radius 3 is 1.64 bits per heavy atom.